The first-order valence-electron chi connectivity index (χ1n) is 11.0. The predicted molar refractivity (Wildman–Crippen MR) is 130 cm³/mol. The second-order valence-electron chi connectivity index (χ2n) is 8.57. The van der Waals surface area contributed by atoms with Gasteiger partial charge in [0.2, 0.25) is 21.8 Å². The average Bonchev–Trinajstić information content (AvgIpc) is 2.75. The maximum atomic E-state index is 13.3. The summed E-state index contributed by atoms with van der Waals surface area (Å²) in [5, 5.41) is 14.7. The zero-order valence-corrected chi connectivity index (χ0v) is 20.5. The SMILES string of the molecule is CC(=O)Nc1cccc(NC(=O)CN2C[C@@H](C)N(S(=O)(=O)c3cccc(C#N)c3)[C@@H](C)C2)c1C. The van der Waals surface area contributed by atoms with Crippen molar-refractivity contribution in [2.45, 2.75) is 44.7 Å². The van der Waals surface area contributed by atoms with E-state index in [9.17, 15) is 18.0 Å². The molecule has 0 saturated carbocycles. The lowest BCUT2D eigenvalue weighted by Gasteiger charge is -2.43. The molecule has 0 aromatic heterocycles. The molecule has 2 atom stereocenters. The number of carbonyl (C=O) groups excluding carboxylic acids is 2. The summed E-state index contributed by atoms with van der Waals surface area (Å²) in [5.41, 5.74) is 2.28. The van der Waals surface area contributed by atoms with E-state index in [1.807, 2.05) is 31.7 Å². The number of carbonyl (C=O) groups is 2. The Morgan fingerprint density at radius 1 is 1.06 bits per heavy atom. The molecule has 0 radical (unpaired) electrons. The Balaban J connectivity index is 1.68. The fourth-order valence-corrected chi connectivity index (χ4v) is 6.21. The highest BCUT2D eigenvalue weighted by atomic mass is 32.2. The first-order chi connectivity index (χ1) is 16.0. The third kappa shape index (κ3) is 5.62. The summed E-state index contributed by atoms with van der Waals surface area (Å²) in [4.78, 5) is 26.1. The molecule has 34 heavy (non-hydrogen) atoms. The minimum Gasteiger partial charge on any atom is -0.326 e. The van der Waals surface area contributed by atoms with Gasteiger partial charge < -0.3 is 10.6 Å². The van der Waals surface area contributed by atoms with Crippen molar-refractivity contribution in [1.29, 1.82) is 5.26 Å². The lowest BCUT2D eigenvalue weighted by molar-refractivity contribution is -0.118. The Hall–Kier alpha value is -3.26. The molecule has 180 valence electrons. The van der Waals surface area contributed by atoms with E-state index < -0.39 is 10.0 Å². The van der Waals surface area contributed by atoms with Crippen molar-refractivity contribution in [3.8, 4) is 6.07 Å². The maximum absolute atomic E-state index is 13.3. The van der Waals surface area contributed by atoms with Gasteiger partial charge in [-0.15, -0.1) is 0 Å². The number of nitrogens with one attached hydrogen (secondary N) is 2. The molecule has 1 saturated heterocycles. The van der Waals surface area contributed by atoms with Crippen LogP contribution in [0, 0.1) is 18.3 Å². The van der Waals surface area contributed by atoms with E-state index in [0.717, 1.165) is 5.56 Å². The summed E-state index contributed by atoms with van der Waals surface area (Å²) in [7, 11) is -3.79. The molecule has 2 aromatic rings. The molecule has 10 heteroatoms. The predicted octanol–water partition coefficient (Wildman–Crippen LogP) is 2.55. The van der Waals surface area contributed by atoms with Gasteiger partial charge in [0.15, 0.2) is 0 Å². The fraction of sp³-hybridized carbons (Fsp3) is 0.375. The van der Waals surface area contributed by atoms with Gasteiger partial charge in [0.1, 0.15) is 0 Å². The molecule has 3 rings (SSSR count). The van der Waals surface area contributed by atoms with Crippen molar-refractivity contribution in [2.75, 3.05) is 30.3 Å². The average molecular weight is 484 g/mol. The Morgan fingerprint density at radius 3 is 2.24 bits per heavy atom. The van der Waals surface area contributed by atoms with Crippen molar-refractivity contribution < 1.29 is 18.0 Å². The Bertz CT molecular complexity index is 1230. The van der Waals surface area contributed by atoms with Crippen LogP contribution in [0.15, 0.2) is 47.4 Å². The minimum absolute atomic E-state index is 0.0889. The lowest BCUT2D eigenvalue weighted by atomic mass is 10.1. The Morgan fingerprint density at radius 2 is 1.65 bits per heavy atom. The summed E-state index contributed by atoms with van der Waals surface area (Å²) >= 11 is 0. The van der Waals surface area contributed by atoms with Gasteiger partial charge in [-0.25, -0.2) is 8.42 Å². The van der Waals surface area contributed by atoms with E-state index in [0.29, 0.717) is 24.5 Å². The first-order valence-corrected chi connectivity index (χ1v) is 12.4. The smallest absolute Gasteiger partial charge is 0.243 e. The summed E-state index contributed by atoms with van der Waals surface area (Å²) in [6.07, 6.45) is 0. The van der Waals surface area contributed by atoms with Crippen molar-refractivity contribution in [3.05, 3.63) is 53.6 Å². The van der Waals surface area contributed by atoms with Crippen molar-refractivity contribution in [2.24, 2.45) is 0 Å². The molecule has 1 aliphatic heterocycles. The molecule has 0 bridgehead atoms. The lowest BCUT2D eigenvalue weighted by Crippen LogP contribution is -2.59. The topological polar surface area (TPSA) is 123 Å². The molecule has 0 spiro atoms. The van der Waals surface area contributed by atoms with E-state index in [4.69, 9.17) is 5.26 Å². The number of hydrogen-bond acceptors (Lipinski definition) is 6. The molecule has 1 aliphatic rings. The number of nitriles is 1. The number of sulfonamides is 1. The van der Waals surface area contributed by atoms with Crippen LogP contribution in [0.3, 0.4) is 0 Å². The molecule has 0 unspecified atom stereocenters. The normalized spacial score (nSPS) is 19.3. The van der Waals surface area contributed by atoms with Crippen molar-refractivity contribution in [1.82, 2.24) is 9.21 Å². The zero-order chi connectivity index (χ0) is 25.0. The van der Waals surface area contributed by atoms with Crippen LogP contribution in [0.2, 0.25) is 0 Å². The van der Waals surface area contributed by atoms with E-state index in [2.05, 4.69) is 10.6 Å². The van der Waals surface area contributed by atoms with Crippen LogP contribution in [0.4, 0.5) is 11.4 Å². The van der Waals surface area contributed by atoms with Gasteiger partial charge in [-0.2, -0.15) is 9.57 Å². The molecule has 2 N–H and O–H groups in total. The second kappa shape index (κ2) is 10.3. The van der Waals surface area contributed by atoms with Gasteiger partial charge in [0.05, 0.1) is 23.1 Å². The van der Waals surface area contributed by atoms with Gasteiger partial charge in [-0.3, -0.25) is 14.5 Å². The number of nitrogens with zero attached hydrogens (tertiary/aromatic N) is 3. The Kier molecular flexibility index (Phi) is 7.71. The zero-order valence-electron chi connectivity index (χ0n) is 19.7. The monoisotopic (exact) mass is 483 g/mol. The molecule has 1 heterocycles. The Labute approximate surface area is 200 Å². The van der Waals surface area contributed by atoms with E-state index in [-0.39, 0.29) is 40.9 Å². The van der Waals surface area contributed by atoms with Crippen LogP contribution in [0.25, 0.3) is 0 Å². The maximum Gasteiger partial charge on any atom is 0.243 e. The van der Waals surface area contributed by atoms with Crippen LogP contribution < -0.4 is 10.6 Å². The molecule has 2 amide bonds. The summed E-state index contributed by atoms with van der Waals surface area (Å²) in [5.74, 6) is -0.415. The van der Waals surface area contributed by atoms with Gasteiger partial charge in [-0.1, -0.05) is 12.1 Å². The number of benzene rings is 2. The van der Waals surface area contributed by atoms with Crippen LogP contribution in [-0.4, -0.2) is 61.2 Å². The summed E-state index contributed by atoms with van der Waals surface area (Å²) in [6, 6.07) is 12.5. The highest BCUT2D eigenvalue weighted by Gasteiger charge is 2.38. The summed E-state index contributed by atoms with van der Waals surface area (Å²) in [6.45, 7) is 7.75. The van der Waals surface area contributed by atoms with E-state index in [1.165, 1.54) is 23.4 Å². The third-order valence-corrected chi connectivity index (χ3v) is 7.86. The van der Waals surface area contributed by atoms with Gasteiger partial charge in [0.25, 0.3) is 0 Å². The third-order valence-electron chi connectivity index (χ3n) is 5.74. The van der Waals surface area contributed by atoms with Gasteiger partial charge in [0, 0.05) is 43.5 Å². The van der Waals surface area contributed by atoms with Gasteiger partial charge in [-0.05, 0) is 56.7 Å². The number of hydrogen-bond donors (Lipinski definition) is 2. The van der Waals surface area contributed by atoms with Crippen LogP contribution in [0.1, 0.15) is 31.9 Å². The van der Waals surface area contributed by atoms with Crippen LogP contribution in [0.5, 0.6) is 0 Å². The molecule has 9 nitrogen and oxygen atoms in total. The standard InChI is InChI=1S/C24H29N5O4S/c1-16-13-28(15-24(31)27-23-10-6-9-22(18(23)3)26-19(4)30)14-17(2)29(16)34(32,33)21-8-5-7-20(11-21)12-25/h5-11,16-17H,13-15H2,1-4H3,(H,26,30)(H,27,31)/t16-,17+. The molecule has 0 aliphatic carbocycles. The van der Waals surface area contributed by atoms with E-state index in [1.54, 1.807) is 30.3 Å². The number of piperazine rings is 1. The number of amides is 2. The molecular formula is C24H29N5O4S. The largest absolute Gasteiger partial charge is 0.326 e. The fourth-order valence-electron chi connectivity index (χ4n) is 4.36. The quantitative estimate of drug-likeness (QED) is 0.651. The van der Waals surface area contributed by atoms with E-state index >= 15 is 0 Å². The van der Waals surface area contributed by atoms with Crippen molar-refractivity contribution >= 4 is 33.2 Å². The van der Waals surface area contributed by atoms with Gasteiger partial charge >= 0.3 is 0 Å². The summed E-state index contributed by atoms with van der Waals surface area (Å²) < 4.78 is 28.0. The van der Waals surface area contributed by atoms with Crippen LogP contribution >= 0.6 is 0 Å². The number of anilines is 2. The minimum atomic E-state index is -3.79. The van der Waals surface area contributed by atoms with Crippen LogP contribution in [-0.2, 0) is 19.6 Å². The molecular weight excluding hydrogens is 454 g/mol. The molecule has 1 fully saturated rings. The highest BCUT2D eigenvalue weighted by molar-refractivity contribution is 7.89. The van der Waals surface area contributed by atoms with Crippen molar-refractivity contribution in [3.63, 3.8) is 0 Å². The second-order valence-corrected chi connectivity index (χ2v) is 10.4. The first kappa shape index (κ1) is 25.4. The highest BCUT2D eigenvalue weighted by Crippen LogP contribution is 2.26. The number of rotatable bonds is 6. The molecule has 2 aromatic carbocycles.